The fourth-order valence-corrected chi connectivity index (χ4v) is 2.91. The van der Waals surface area contributed by atoms with Gasteiger partial charge in [0.25, 0.3) is 0 Å². The molecule has 1 aromatic rings. The van der Waals surface area contributed by atoms with E-state index in [0.717, 1.165) is 34.2 Å². The van der Waals surface area contributed by atoms with Gasteiger partial charge >= 0.3 is 0 Å². The largest absolute Gasteiger partial charge is 0.494 e. The predicted octanol–water partition coefficient (Wildman–Crippen LogP) is 3.33. The van der Waals surface area contributed by atoms with Gasteiger partial charge in [0.05, 0.1) is 16.1 Å². The average Bonchev–Trinajstić information content (AvgIpc) is 2.24. The molecule has 0 saturated heterocycles. The molecule has 0 saturated carbocycles. The highest BCUT2D eigenvalue weighted by molar-refractivity contribution is 9.11. The zero-order valence-electron chi connectivity index (χ0n) is 9.02. The van der Waals surface area contributed by atoms with Gasteiger partial charge in [0, 0.05) is 19.5 Å². The third-order valence-electron chi connectivity index (χ3n) is 2.04. The van der Waals surface area contributed by atoms with Gasteiger partial charge in [-0.25, -0.2) is 0 Å². The summed E-state index contributed by atoms with van der Waals surface area (Å²) in [5.74, 6) is 3.41. The van der Waals surface area contributed by atoms with Crippen LogP contribution in [0.5, 0.6) is 5.75 Å². The number of ether oxygens (including phenoxy) is 1. The van der Waals surface area contributed by atoms with E-state index in [4.69, 9.17) is 11.2 Å². The average molecular weight is 347 g/mol. The van der Waals surface area contributed by atoms with E-state index in [-0.39, 0.29) is 0 Å². The minimum absolute atomic E-state index is 0.749. The summed E-state index contributed by atoms with van der Waals surface area (Å²) in [4.78, 5) is 0. The minimum Gasteiger partial charge on any atom is -0.494 e. The Hall–Kier alpha value is -0.500. The Bertz CT molecular complexity index is 375. The first-order chi connectivity index (χ1) is 7.69. The van der Waals surface area contributed by atoms with E-state index in [0.29, 0.717) is 0 Å². The third-order valence-corrected chi connectivity index (χ3v) is 3.22. The predicted molar refractivity (Wildman–Crippen MR) is 73.6 cm³/mol. The molecule has 4 heteroatoms. The summed E-state index contributed by atoms with van der Waals surface area (Å²) in [5, 5.41) is 3.27. The number of terminal acetylenes is 1. The zero-order chi connectivity index (χ0) is 12.0. The molecule has 0 radical (unpaired) electrons. The van der Waals surface area contributed by atoms with Crippen molar-refractivity contribution < 1.29 is 4.74 Å². The van der Waals surface area contributed by atoms with E-state index in [1.54, 1.807) is 7.11 Å². The van der Waals surface area contributed by atoms with Crippen molar-refractivity contribution in [2.75, 3.05) is 13.7 Å². The molecule has 0 aromatic heterocycles. The second-order valence-electron chi connectivity index (χ2n) is 3.22. The second-order valence-corrected chi connectivity index (χ2v) is 4.93. The maximum atomic E-state index is 5.23. The van der Waals surface area contributed by atoms with Crippen molar-refractivity contribution in [3.63, 3.8) is 0 Å². The maximum absolute atomic E-state index is 5.23. The van der Waals surface area contributed by atoms with Crippen LogP contribution in [0.2, 0.25) is 0 Å². The molecule has 2 nitrogen and oxygen atoms in total. The fraction of sp³-hybridized carbons (Fsp3) is 0.333. The lowest BCUT2D eigenvalue weighted by Crippen LogP contribution is -2.14. The second kappa shape index (κ2) is 6.95. The number of halogens is 2. The Labute approximate surface area is 113 Å². The summed E-state index contributed by atoms with van der Waals surface area (Å²) in [6.45, 7) is 1.63. The molecular formula is C12H13Br2NO. The Kier molecular flexibility index (Phi) is 5.89. The van der Waals surface area contributed by atoms with Gasteiger partial charge < -0.3 is 10.1 Å². The van der Waals surface area contributed by atoms with Crippen LogP contribution in [0.1, 0.15) is 12.0 Å². The van der Waals surface area contributed by atoms with Crippen LogP contribution in [0.25, 0.3) is 0 Å². The van der Waals surface area contributed by atoms with E-state index < -0.39 is 0 Å². The number of hydrogen-bond acceptors (Lipinski definition) is 2. The SMILES string of the molecule is C#CCCNCc1cc(Br)c(OC)c(Br)c1. The molecule has 0 heterocycles. The summed E-state index contributed by atoms with van der Waals surface area (Å²) in [6, 6.07) is 4.07. The molecule has 0 amide bonds. The smallest absolute Gasteiger partial charge is 0.147 e. The van der Waals surface area contributed by atoms with Crippen LogP contribution in [-0.4, -0.2) is 13.7 Å². The van der Waals surface area contributed by atoms with E-state index in [2.05, 4.69) is 43.1 Å². The van der Waals surface area contributed by atoms with Gasteiger partial charge in [-0.15, -0.1) is 12.3 Å². The van der Waals surface area contributed by atoms with Crippen molar-refractivity contribution in [2.45, 2.75) is 13.0 Å². The lowest BCUT2D eigenvalue weighted by Gasteiger charge is -2.09. The molecule has 0 bridgehead atoms. The van der Waals surface area contributed by atoms with Gasteiger partial charge in [0.15, 0.2) is 0 Å². The highest BCUT2D eigenvalue weighted by atomic mass is 79.9. The van der Waals surface area contributed by atoms with Gasteiger partial charge in [-0.05, 0) is 49.6 Å². The normalized spacial score (nSPS) is 9.88. The van der Waals surface area contributed by atoms with E-state index in [1.165, 1.54) is 5.56 Å². The first kappa shape index (κ1) is 13.6. The minimum atomic E-state index is 0.749. The van der Waals surface area contributed by atoms with Crippen LogP contribution in [0.15, 0.2) is 21.1 Å². The summed E-state index contributed by atoms with van der Waals surface area (Å²) in [5.41, 5.74) is 1.18. The molecule has 0 aliphatic carbocycles. The van der Waals surface area contributed by atoms with E-state index >= 15 is 0 Å². The first-order valence-electron chi connectivity index (χ1n) is 4.85. The van der Waals surface area contributed by atoms with Crippen molar-refractivity contribution >= 4 is 31.9 Å². The molecule has 0 spiro atoms. The standard InChI is InChI=1S/C12H13Br2NO/c1-3-4-5-15-8-9-6-10(13)12(16-2)11(14)7-9/h1,6-7,15H,4-5,8H2,2H3. The van der Waals surface area contributed by atoms with Gasteiger partial charge in [0.1, 0.15) is 5.75 Å². The lowest BCUT2D eigenvalue weighted by atomic mass is 10.2. The Morgan fingerprint density at radius 3 is 2.50 bits per heavy atom. The van der Waals surface area contributed by atoms with E-state index in [1.807, 2.05) is 12.1 Å². The molecule has 86 valence electrons. The summed E-state index contributed by atoms with van der Waals surface area (Å²) < 4.78 is 7.12. The van der Waals surface area contributed by atoms with Crippen LogP contribution >= 0.6 is 31.9 Å². The van der Waals surface area contributed by atoms with Gasteiger partial charge in [-0.1, -0.05) is 0 Å². The lowest BCUT2D eigenvalue weighted by molar-refractivity contribution is 0.409. The molecule has 0 fully saturated rings. The van der Waals surface area contributed by atoms with Gasteiger partial charge in [-0.3, -0.25) is 0 Å². The van der Waals surface area contributed by atoms with Crippen molar-refractivity contribution in [1.29, 1.82) is 0 Å². The Morgan fingerprint density at radius 2 is 2.00 bits per heavy atom. The van der Waals surface area contributed by atoms with Gasteiger partial charge in [-0.2, -0.15) is 0 Å². The number of methoxy groups -OCH3 is 1. The fourth-order valence-electron chi connectivity index (χ4n) is 1.30. The Balaban J connectivity index is 2.65. The number of rotatable bonds is 5. The van der Waals surface area contributed by atoms with E-state index in [9.17, 15) is 0 Å². The van der Waals surface area contributed by atoms with Crippen molar-refractivity contribution in [1.82, 2.24) is 5.32 Å². The third kappa shape index (κ3) is 3.82. The van der Waals surface area contributed by atoms with Gasteiger partial charge in [0.2, 0.25) is 0 Å². The molecule has 0 aliphatic heterocycles. The first-order valence-corrected chi connectivity index (χ1v) is 6.43. The van der Waals surface area contributed by atoms with Crippen molar-refractivity contribution in [3.8, 4) is 18.1 Å². The monoisotopic (exact) mass is 345 g/mol. The van der Waals surface area contributed by atoms with Crippen LogP contribution in [0.3, 0.4) is 0 Å². The number of nitrogens with one attached hydrogen (secondary N) is 1. The number of hydrogen-bond donors (Lipinski definition) is 1. The zero-order valence-corrected chi connectivity index (χ0v) is 12.2. The summed E-state index contributed by atoms with van der Waals surface area (Å²) >= 11 is 6.93. The molecule has 0 unspecified atom stereocenters. The molecule has 16 heavy (non-hydrogen) atoms. The number of benzene rings is 1. The summed E-state index contributed by atoms with van der Waals surface area (Å²) in [7, 11) is 1.65. The Morgan fingerprint density at radius 1 is 1.38 bits per heavy atom. The summed E-state index contributed by atoms with van der Waals surface area (Å²) in [6.07, 6.45) is 5.92. The van der Waals surface area contributed by atoms with Crippen LogP contribution < -0.4 is 10.1 Å². The molecular weight excluding hydrogens is 334 g/mol. The topological polar surface area (TPSA) is 21.3 Å². The molecule has 1 N–H and O–H groups in total. The molecule has 0 atom stereocenters. The van der Waals surface area contributed by atoms with Crippen LogP contribution in [0.4, 0.5) is 0 Å². The molecule has 0 aliphatic rings. The quantitative estimate of drug-likeness (QED) is 0.652. The highest BCUT2D eigenvalue weighted by Crippen LogP contribution is 2.34. The highest BCUT2D eigenvalue weighted by Gasteiger charge is 2.07. The van der Waals surface area contributed by atoms with Crippen LogP contribution in [-0.2, 0) is 6.54 Å². The molecule has 1 rings (SSSR count). The van der Waals surface area contributed by atoms with Crippen molar-refractivity contribution in [3.05, 3.63) is 26.6 Å². The molecule has 1 aromatic carbocycles. The van der Waals surface area contributed by atoms with Crippen molar-refractivity contribution in [2.24, 2.45) is 0 Å². The maximum Gasteiger partial charge on any atom is 0.147 e. The van der Waals surface area contributed by atoms with Crippen LogP contribution in [0, 0.1) is 12.3 Å².